The third kappa shape index (κ3) is 3.54. The first-order valence-electron chi connectivity index (χ1n) is 11.7. The molecule has 0 bridgehead atoms. The highest BCUT2D eigenvalue weighted by molar-refractivity contribution is 6.58. The van der Waals surface area contributed by atoms with Gasteiger partial charge in [-0.25, -0.2) is 0 Å². The third-order valence-corrected chi connectivity index (χ3v) is 9.07. The van der Waals surface area contributed by atoms with E-state index in [1.165, 1.54) is 36.0 Å². The highest BCUT2D eigenvalue weighted by Gasteiger charge is 2.33. The molecule has 0 heterocycles. The summed E-state index contributed by atoms with van der Waals surface area (Å²) in [4.78, 5) is 0. The Hall–Kier alpha value is -1.60. The van der Waals surface area contributed by atoms with Crippen molar-refractivity contribution in [3.63, 3.8) is 0 Å². The van der Waals surface area contributed by atoms with Gasteiger partial charge in [-0.15, -0.1) is 0 Å². The Bertz CT molecular complexity index is 1020. The lowest BCUT2D eigenvalue weighted by Gasteiger charge is -2.29. The molecule has 1 atom stereocenters. The summed E-state index contributed by atoms with van der Waals surface area (Å²) in [6.07, 6.45) is 6.33. The van der Waals surface area contributed by atoms with Crippen LogP contribution in [0.2, 0.25) is 13.1 Å². The van der Waals surface area contributed by atoms with Crippen molar-refractivity contribution >= 4 is 14.9 Å². The molecular weight excluding hydrogens is 376 g/mol. The zero-order chi connectivity index (χ0) is 22.0. The van der Waals surface area contributed by atoms with Crippen LogP contribution in [0.1, 0.15) is 93.8 Å². The fraction of sp³-hybridized carbons (Fsp3) is 0.517. The number of benzene rings is 2. The van der Waals surface area contributed by atoms with Gasteiger partial charge in [-0.05, 0) is 87.1 Å². The van der Waals surface area contributed by atoms with Crippen molar-refractivity contribution in [1.29, 1.82) is 0 Å². The quantitative estimate of drug-likeness (QED) is 0.433. The van der Waals surface area contributed by atoms with Crippen molar-refractivity contribution in [3.8, 4) is 11.1 Å². The molecule has 2 aliphatic carbocycles. The second-order valence-electron chi connectivity index (χ2n) is 11.9. The second-order valence-corrected chi connectivity index (χ2v) is 14.6. The van der Waals surface area contributed by atoms with Gasteiger partial charge in [-0.1, -0.05) is 90.6 Å². The van der Waals surface area contributed by atoms with E-state index in [1.54, 1.807) is 33.4 Å². The van der Waals surface area contributed by atoms with Crippen LogP contribution in [0.15, 0.2) is 29.8 Å². The number of rotatable bonds is 2. The van der Waals surface area contributed by atoms with Crippen molar-refractivity contribution in [1.82, 2.24) is 0 Å². The van der Waals surface area contributed by atoms with E-state index in [9.17, 15) is 0 Å². The van der Waals surface area contributed by atoms with Gasteiger partial charge >= 0.3 is 0 Å². The van der Waals surface area contributed by atoms with Gasteiger partial charge < -0.3 is 0 Å². The molecule has 0 nitrogen and oxygen atoms in total. The standard InChI is InChI=1S/C29H39Si/c1-18-15-23-24(27(18)30(8)9)16-19-11-10-12-21(19)26(23)22-14-13-20(28(2,3)4)17-25(22)29(5,6)7/h13-17,27H,10-12H2,1-9H3. The van der Waals surface area contributed by atoms with Gasteiger partial charge in [0.25, 0.3) is 0 Å². The van der Waals surface area contributed by atoms with Crippen LogP contribution < -0.4 is 0 Å². The van der Waals surface area contributed by atoms with Gasteiger partial charge in [-0.2, -0.15) is 0 Å². The molecular formula is C29H39Si. The minimum Gasteiger partial charge on any atom is -0.0705 e. The van der Waals surface area contributed by atoms with Gasteiger partial charge in [0.1, 0.15) is 0 Å². The molecule has 0 aromatic heterocycles. The first kappa shape index (κ1) is 21.6. The topological polar surface area (TPSA) is 0 Å². The minimum atomic E-state index is -0.420. The molecule has 0 aliphatic heterocycles. The highest BCUT2D eigenvalue weighted by atomic mass is 28.3. The summed E-state index contributed by atoms with van der Waals surface area (Å²) in [5, 5.41) is 0. The van der Waals surface area contributed by atoms with E-state index in [1.807, 2.05) is 0 Å². The highest BCUT2D eigenvalue weighted by Crippen LogP contribution is 2.49. The largest absolute Gasteiger partial charge is 0.0705 e. The van der Waals surface area contributed by atoms with Crippen LogP contribution >= 0.6 is 0 Å². The second kappa shape index (κ2) is 7.23. The van der Waals surface area contributed by atoms with Gasteiger partial charge in [0, 0.05) is 0 Å². The van der Waals surface area contributed by atoms with E-state index in [2.05, 4.69) is 91.9 Å². The molecule has 0 saturated carbocycles. The first-order chi connectivity index (χ1) is 13.9. The molecule has 2 aromatic rings. The lowest BCUT2D eigenvalue weighted by molar-refractivity contribution is 0.569. The van der Waals surface area contributed by atoms with Crippen molar-refractivity contribution < 1.29 is 0 Å². The summed E-state index contributed by atoms with van der Waals surface area (Å²) in [5.74, 6) is 0. The Kier molecular flexibility index (Phi) is 5.21. The van der Waals surface area contributed by atoms with Crippen LogP contribution in [0.3, 0.4) is 0 Å². The Balaban J connectivity index is 2.04. The maximum atomic E-state index is 2.59. The molecule has 0 saturated heterocycles. The summed E-state index contributed by atoms with van der Waals surface area (Å²) >= 11 is 0. The molecule has 0 amide bonds. The predicted octanol–water partition coefficient (Wildman–Crippen LogP) is 8.23. The van der Waals surface area contributed by atoms with Crippen molar-refractivity contribution in [2.75, 3.05) is 0 Å². The molecule has 0 N–H and O–H groups in total. The van der Waals surface area contributed by atoms with Crippen LogP contribution in [0, 0.1) is 0 Å². The first-order valence-corrected chi connectivity index (χ1v) is 14.3. The molecule has 4 rings (SSSR count). The Morgan fingerprint density at radius 1 is 0.900 bits per heavy atom. The zero-order valence-electron chi connectivity index (χ0n) is 20.6. The Morgan fingerprint density at radius 2 is 1.60 bits per heavy atom. The third-order valence-electron chi connectivity index (χ3n) is 7.15. The maximum Gasteiger partial charge on any atom is 0.0551 e. The van der Waals surface area contributed by atoms with E-state index in [4.69, 9.17) is 0 Å². The monoisotopic (exact) mass is 415 g/mol. The number of hydrogen-bond acceptors (Lipinski definition) is 0. The summed E-state index contributed by atoms with van der Waals surface area (Å²) in [6, 6.07) is 9.95. The lowest BCUT2D eigenvalue weighted by atomic mass is 9.75. The van der Waals surface area contributed by atoms with Crippen molar-refractivity contribution in [3.05, 3.63) is 63.2 Å². The SMILES string of the molecule is CC1=Cc2c(cc3c(c2-c2ccc(C(C)(C)C)cc2C(C)(C)C)CCC3)C1[Si](C)C. The lowest BCUT2D eigenvalue weighted by Crippen LogP contribution is -2.18. The summed E-state index contributed by atoms with van der Waals surface area (Å²) in [5.41, 5.74) is 15.0. The van der Waals surface area contributed by atoms with Gasteiger partial charge in [0.2, 0.25) is 0 Å². The normalized spacial score (nSPS) is 18.6. The molecule has 159 valence electrons. The zero-order valence-corrected chi connectivity index (χ0v) is 21.6. The number of hydrogen-bond donors (Lipinski definition) is 0. The molecule has 1 radical (unpaired) electrons. The molecule has 30 heavy (non-hydrogen) atoms. The van der Waals surface area contributed by atoms with Crippen LogP contribution in [0.25, 0.3) is 17.2 Å². The van der Waals surface area contributed by atoms with E-state index in [0.29, 0.717) is 5.54 Å². The van der Waals surface area contributed by atoms with Gasteiger partial charge in [-0.3, -0.25) is 0 Å². The number of fused-ring (bicyclic) bond motifs is 2. The average molecular weight is 416 g/mol. The van der Waals surface area contributed by atoms with Crippen LogP contribution in [0.5, 0.6) is 0 Å². The summed E-state index contributed by atoms with van der Waals surface area (Å²) in [7, 11) is -0.420. The minimum absolute atomic E-state index is 0.117. The molecule has 1 unspecified atom stereocenters. The van der Waals surface area contributed by atoms with Crippen LogP contribution in [-0.4, -0.2) is 8.80 Å². The summed E-state index contributed by atoms with van der Waals surface area (Å²) < 4.78 is 0. The number of allylic oxidation sites excluding steroid dienone is 1. The van der Waals surface area contributed by atoms with Gasteiger partial charge in [0.15, 0.2) is 0 Å². The molecule has 0 spiro atoms. The molecule has 1 heteroatoms. The molecule has 2 aromatic carbocycles. The van der Waals surface area contributed by atoms with Crippen molar-refractivity contribution in [2.45, 2.75) is 97.2 Å². The van der Waals surface area contributed by atoms with Crippen LogP contribution in [0.4, 0.5) is 0 Å². The average Bonchev–Trinajstić information content (AvgIpc) is 3.20. The smallest absolute Gasteiger partial charge is 0.0551 e. The molecule has 2 aliphatic rings. The van der Waals surface area contributed by atoms with Crippen molar-refractivity contribution in [2.24, 2.45) is 0 Å². The fourth-order valence-corrected chi connectivity index (χ4v) is 7.51. The molecule has 0 fully saturated rings. The summed E-state index contributed by atoms with van der Waals surface area (Å²) in [6.45, 7) is 21.4. The Labute approximate surface area is 186 Å². The van der Waals surface area contributed by atoms with Crippen LogP contribution in [-0.2, 0) is 23.7 Å². The van der Waals surface area contributed by atoms with Gasteiger partial charge in [0.05, 0.1) is 8.80 Å². The fourth-order valence-electron chi connectivity index (χ4n) is 5.66. The van der Waals surface area contributed by atoms with E-state index in [-0.39, 0.29) is 10.8 Å². The predicted molar refractivity (Wildman–Crippen MR) is 135 cm³/mol. The number of aryl methyl sites for hydroxylation is 1. The van der Waals surface area contributed by atoms with E-state index >= 15 is 0 Å². The Morgan fingerprint density at radius 3 is 2.20 bits per heavy atom. The van der Waals surface area contributed by atoms with E-state index in [0.717, 1.165) is 0 Å². The maximum absolute atomic E-state index is 2.59. The van der Waals surface area contributed by atoms with E-state index < -0.39 is 8.80 Å².